The number of hydrogen-bond donors (Lipinski definition) is 1. The van der Waals surface area contributed by atoms with Crippen molar-refractivity contribution >= 4 is 0 Å². The first-order chi connectivity index (χ1) is 18.2. The lowest BCUT2D eigenvalue weighted by Gasteiger charge is -2.43. The minimum absolute atomic E-state index is 0.567. The van der Waals surface area contributed by atoms with Gasteiger partial charge >= 0.3 is 0 Å². The minimum Gasteiger partial charge on any atom is -0.448 e. The van der Waals surface area contributed by atoms with E-state index in [4.69, 9.17) is 4.42 Å². The van der Waals surface area contributed by atoms with Gasteiger partial charge in [-0.2, -0.15) is 0 Å². The van der Waals surface area contributed by atoms with Crippen molar-refractivity contribution in [2.24, 2.45) is 5.41 Å². The van der Waals surface area contributed by atoms with E-state index in [0.29, 0.717) is 12.0 Å². The quantitative estimate of drug-likeness (QED) is 0.433. The molecule has 3 aromatic rings. The molecule has 1 aliphatic carbocycles. The number of H-pyrrole nitrogens is 1. The molecule has 1 aromatic carbocycles. The van der Waals surface area contributed by atoms with E-state index in [-0.39, 0.29) is 0 Å². The summed E-state index contributed by atoms with van der Waals surface area (Å²) in [6, 6.07) is 10.1. The smallest absolute Gasteiger partial charge is 0.208 e. The average molecular weight is 503 g/mol. The van der Waals surface area contributed by atoms with Crippen LogP contribution in [-0.2, 0) is 26.2 Å². The summed E-state index contributed by atoms with van der Waals surface area (Å²) in [5.41, 5.74) is 3.29. The topological polar surface area (TPSA) is 64.4 Å². The van der Waals surface area contributed by atoms with Gasteiger partial charge in [-0.25, -0.2) is 9.97 Å². The third kappa shape index (κ3) is 6.33. The first-order valence-electron chi connectivity index (χ1n) is 14.4. The molecule has 2 aliphatic heterocycles. The zero-order valence-electron chi connectivity index (χ0n) is 22.2. The highest BCUT2D eigenvalue weighted by atomic mass is 16.3. The molecule has 0 bridgehead atoms. The number of oxazole rings is 1. The maximum atomic E-state index is 5.51. The number of likely N-dealkylation sites (tertiary alicyclic amines) is 2. The normalized spacial score (nSPS) is 21.3. The van der Waals surface area contributed by atoms with E-state index in [1.165, 1.54) is 88.7 Å². The van der Waals surface area contributed by atoms with E-state index in [9.17, 15) is 0 Å². The fourth-order valence-electron chi connectivity index (χ4n) is 6.93. The second kappa shape index (κ2) is 11.5. The molecule has 2 aromatic heterocycles. The van der Waals surface area contributed by atoms with Crippen molar-refractivity contribution < 1.29 is 4.42 Å². The number of nitrogens with one attached hydrogen (secondary N) is 1. The summed E-state index contributed by atoms with van der Waals surface area (Å²) in [5.74, 6) is 1.69. The highest BCUT2D eigenvalue weighted by Crippen LogP contribution is 2.42. The Bertz CT molecular complexity index is 1030. The Morgan fingerprint density at radius 2 is 1.68 bits per heavy atom. The van der Waals surface area contributed by atoms with Crippen LogP contribution in [0.5, 0.6) is 0 Å². The molecule has 2 saturated heterocycles. The second-order valence-electron chi connectivity index (χ2n) is 11.7. The Kier molecular flexibility index (Phi) is 7.72. The third-order valence-corrected chi connectivity index (χ3v) is 9.07. The second-order valence-corrected chi connectivity index (χ2v) is 11.7. The van der Waals surface area contributed by atoms with Crippen molar-refractivity contribution in [1.29, 1.82) is 0 Å². The SMILES string of the molecule is c1c[nH]c(CN(Cc2ccc(CN3CCC4(CCN(C5CCCCC5)CC4)C3)cc2)Cc2ncco2)n1. The lowest BCUT2D eigenvalue weighted by molar-refractivity contribution is 0.0615. The number of imidazole rings is 1. The minimum atomic E-state index is 0.567. The number of aromatic amines is 1. The highest BCUT2D eigenvalue weighted by molar-refractivity contribution is 5.23. The Labute approximate surface area is 221 Å². The molecular formula is C30H42N6O. The van der Waals surface area contributed by atoms with E-state index < -0.39 is 0 Å². The van der Waals surface area contributed by atoms with Crippen molar-refractivity contribution in [2.75, 3.05) is 26.2 Å². The van der Waals surface area contributed by atoms with Crippen molar-refractivity contribution in [3.8, 4) is 0 Å². The summed E-state index contributed by atoms with van der Waals surface area (Å²) in [7, 11) is 0. The van der Waals surface area contributed by atoms with Gasteiger partial charge in [0.2, 0.25) is 5.89 Å². The first kappa shape index (κ1) is 24.8. The van der Waals surface area contributed by atoms with Gasteiger partial charge in [-0.05, 0) is 68.3 Å². The van der Waals surface area contributed by atoms with Gasteiger partial charge in [-0.1, -0.05) is 43.5 Å². The first-order valence-corrected chi connectivity index (χ1v) is 14.4. The fraction of sp³-hybridized carbons (Fsp3) is 0.600. The van der Waals surface area contributed by atoms with Gasteiger partial charge in [0.25, 0.3) is 0 Å². The molecule has 1 saturated carbocycles. The zero-order valence-corrected chi connectivity index (χ0v) is 22.2. The molecule has 0 unspecified atom stereocenters. The number of hydrogen-bond acceptors (Lipinski definition) is 6. The van der Waals surface area contributed by atoms with Gasteiger partial charge in [0.05, 0.1) is 19.3 Å². The Hall–Kier alpha value is -2.48. The fourth-order valence-corrected chi connectivity index (χ4v) is 6.93. The van der Waals surface area contributed by atoms with Gasteiger partial charge < -0.3 is 14.3 Å². The molecule has 3 fully saturated rings. The van der Waals surface area contributed by atoms with Crippen LogP contribution >= 0.6 is 0 Å². The highest BCUT2D eigenvalue weighted by Gasteiger charge is 2.41. The summed E-state index contributed by atoms with van der Waals surface area (Å²) in [4.78, 5) is 19.8. The molecule has 6 rings (SSSR count). The molecule has 0 atom stereocenters. The lowest BCUT2D eigenvalue weighted by atomic mass is 9.77. The van der Waals surface area contributed by atoms with Crippen LogP contribution in [0.3, 0.4) is 0 Å². The molecular weight excluding hydrogens is 460 g/mol. The van der Waals surface area contributed by atoms with Gasteiger partial charge in [-0.3, -0.25) is 9.80 Å². The van der Waals surface area contributed by atoms with Crippen molar-refractivity contribution in [1.82, 2.24) is 29.7 Å². The van der Waals surface area contributed by atoms with Crippen LogP contribution in [-0.4, -0.2) is 61.9 Å². The van der Waals surface area contributed by atoms with E-state index in [1.807, 2.05) is 6.20 Å². The lowest BCUT2D eigenvalue weighted by Crippen LogP contribution is -2.46. The van der Waals surface area contributed by atoms with Crippen molar-refractivity contribution in [3.05, 3.63) is 72.0 Å². The predicted octanol–water partition coefficient (Wildman–Crippen LogP) is 5.22. The number of rotatable bonds is 9. The number of piperidine rings is 1. The molecule has 1 spiro atoms. The largest absolute Gasteiger partial charge is 0.448 e. The van der Waals surface area contributed by atoms with E-state index in [2.05, 4.69) is 53.9 Å². The summed E-state index contributed by atoms with van der Waals surface area (Å²) < 4.78 is 5.51. The third-order valence-electron chi connectivity index (χ3n) is 9.07. The molecule has 7 heteroatoms. The summed E-state index contributed by atoms with van der Waals surface area (Å²) in [5, 5.41) is 0. The summed E-state index contributed by atoms with van der Waals surface area (Å²) in [6.45, 7) is 8.46. The molecule has 198 valence electrons. The molecule has 0 amide bonds. The molecule has 3 aliphatic rings. The molecule has 37 heavy (non-hydrogen) atoms. The van der Waals surface area contributed by atoms with Crippen LogP contribution in [0, 0.1) is 5.41 Å². The number of aromatic nitrogens is 3. The molecule has 4 heterocycles. The van der Waals surface area contributed by atoms with Crippen LogP contribution in [0.1, 0.15) is 74.2 Å². The maximum Gasteiger partial charge on any atom is 0.208 e. The van der Waals surface area contributed by atoms with E-state index in [0.717, 1.165) is 37.4 Å². The number of nitrogens with zero attached hydrogens (tertiary/aromatic N) is 5. The van der Waals surface area contributed by atoms with Crippen molar-refractivity contribution in [3.63, 3.8) is 0 Å². The van der Waals surface area contributed by atoms with E-state index in [1.54, 1.807) is 18.7 Å². The Morgan fingerprint density at radius 1 is 0.892 bits per heavy atom. The predicted molar refractivity (Wildman–Crippen MR) is 144 cm³/mol. The Morgan fingerprint density at radius 3 is 2.41 bits per heavy atom. The molecule has 1 N–H and O–H groups in total. The Balaban J connectivity index is 1.01. The van der Waals surface area contributed by atoms with Crippen LogP contribution in [0.4, 0.5) is 0 Å². The van der Waals surface area contributed by atoms with Crippen LogP contribution in [0.25, 0.3) is 0 Å². The van der Waals surface area contributed by atoms with Crippen LogP contribution in [0.2, 0.25) is 0 Å². The maximum absolute atomic E-state index is 5.51. The van der Waals surface area contributed by atoms with Crippen LogP contribution in [0.15, 0.2) is 53.5 Å². The van der Waals surface area contributed by atoms with Gasteiger partial charge in [0, 0.05) is 38.1 Å². The average Bonchev–Trinajstić information content (AvgIpc) is 3.71. The van der Waals surface area contributed by atoms with E-state index >= 15 is 0 Å². The van der Waals surface area contributed by atoms with Gasteiger partial charge in [0.15, 0.2) is 0 Å². The van der Waals surface area contributed by atoms with Crippen LogP contribution < -0.4 is 0 Å². The monoisotopic (exact) mass is 502 g/mol. The summed E-state index contributed by atoms with van der Waals surface area (Å²) >= 11 is 0. The molecule has 0 radical (unpaired) electrons. The number of benzene rings is 1. The van der Waals surface area contributed by atoms with Gasteiger partial charge in [-0.15, -0.1) is 0 Å². The zero-order chi connectivity index (χ0) is 24.9. The van der Waals surface area contributed by atoms with Crippen molar-refractivity contribution in [2.45, 2.75) is 83.6 Å². The standard InChI is InChI=1S/C30H42N6O/c1-2-4-27(5-3-1)36-17-11-30(12-18-36)10-16-34(24-30)20-25-6-8-26(9-7-25)21-35(22-28-31-13-14-32-28)23-29-33-15-19-37-29/h6-9,13-15,19,27H,1-5,10-12,16-18,20-24H2,(H,31,32). The van der Waals surface area contributed by atoms with Gasteiger partial charge in [0.1, 0.15) is 12.1 Å². The molecule has 7 nitrogen and oxygen atoms in total. The summed E-state index contributed by atoms with van der Waals surface area (Å²) in [6.07, 6.45) is 18.4.